The number of fused-ring (bicyclic) bond motifs is 1. The molecule has 4 N–H and O–H groups in total. The minimum atomic E-state index is -0.497. The number of hydrogen-bond donors (Lipinski definition) is 3. The fraction of sp³-hybridized carbons (Fsp3) is 0.286. The van der Waals surface area contributed by atoms with Crippen molar-refractivity contribution in [2.45, 2.75) is 12.5 Å². The standard InChI is InChI=1S/C14H17N3O3/c1-18-14(19-2)12-6-5-11(20-12)8-3-4-10-9(7-8)13(15)17-16-10/h3-7,13-14,16-17H,15H2,1-2H3. The van der Waals surface area contributed by atoms with Gasteiger partial charge in [0.05, 0.1) is 5.69 Å². The van der Waals surface area contributed by atoms with Crippen LogP contribution in [0.3, 0.4) is 0 Å². The molecule has 1 aliphatic heterocycles. The topological polar surface area (TPSA) is 81.7 Å². The van der Waals surface area contributed by atoms with Crippen LogP contribution in [0.25, 0.3) is 11.3 Å². The summed E-state index contributed by atoms with van der Waals surface area (Å²) in [5.74, 6) is 1.38. The van der Waals surface area contributed by atoms with E-state index in [-0.39, 0.29) is 6.17 Å². The number of nitrogens with one attached hydrogen (secondary N) is 2. The Labute approximate surface area is 116 Å². The van der Waals surface area contributed by atoms with Gasteiger partial charge >= 0.3 is 0 Å². The van der Waals surface area contributed by atoms with E-state index in [1.165, 1.54) is 0 Å². The Bertz CT molecular complexity index is 607. The third kappa shape index (κ3) is 2.19. The minimum absolute atomic E-state index is 0.218. The Balaban J connectivity index is 1.92. The predicted molar refractivity (Wildman–Crippen MR) is 74.6 cm³/mol. The van der Waals surface area contributed by atoms with Crippen LogP contribution in [0.1, 0.15) is 23.8 Å². The maximum Gasteiger partial charge on any atom is 0.216 e. The fourth-order valence-electron chi connectivity index (χ4n) is 2.28. The van der Waals surface area contributed by atoms with E-state index >= 15 is 0 Å². The van der Waals surface area contributed by atoms with E-state index in [4.69, 9.17) is 19.6 Å². The van der Waals surface area contributed by atoms with Gasteiger partial charge in [0.1, 0.15) is 11.9 Å². The second-order valence-electron chi connectivity index (χ2n) is 4.55. The highest BCUT2D eigenvalue weighted by Gasteiger charge is 2.20. The second kappa shape index (κ2) is 5.26. The molecule has 2 heterocycles. The highest BCUT2D eigenvalue weighted by atomic mass is 16.7. The Kier molecular flexibility index (Phi) is 3.45. The summed E-state index contributed by atoms with van der Waals surface area (Å²) in [5.41, 5.74) is 14.9. The number of methoxy groups -OCH3 is 2. The lowest BCUT2D eigenvalue weighted by molar-refractivity contribution is -0.117. The van der Waals surface area contributed by atoms with Crippen LogP contribution in [0.15, 0.2) is 34.7 Å². The Morgan fingerprint density at radius 2 is 2.00 bits per heavy atom. The van der Waals surface area contributed by atoms with Gasteiger partial charge in [-0.05, 0) is 30.3 Å². The molecule has 0 fully saturated rings. The molecule has 1 atom stereocenters. The van der Waals surface area contributed by atoms with Crippen molar-refractivity contribution in [1.29, 1.82) is 0 Å². The molecule has 3 rings (SSSR count). The van der Waals surface area contributed by atoms with Gasteiger partial charge in [0.2, 0.25) is 6.29 Å². The number of hydrazine groups is 1. The molecule has 0 radical (unpaired) electrons. The molecule has 0 bridgehead atoms. The zero-order valence-electron chi connectivity index (χ0n) is 11.3. The van der Waals surface area contributed by atoms with Crippen LogP contribution in [0, 0.1) is 0 Å². The van der Waals surface area contributed by atoms with Crippen LogP contribution in [0.2, 0.25) is 0 Å². The van der Waals surface area contributed by atoms with Crippen molar-refractivity contribution in [2.24, 2.45) is 5.73 Å². The smallest absolute Gasteiger partial charge is 0.216 e. The van der Waals surface area contributed by atoms with E-state index in [1.807, 2.05) is 30.3 Å². The fourth-order valence-corrected chi connectivity index (χ4v) is 2.28. The van der Waals surface area contributed by atoms with Crippen molar-refractivity contribution in [2.75, 3.05) is 19.6 Å². The van der Waals surface area contributed by atoms with E-state index in [2.05, 4.69) is 10.9 Å². The van der Waals surface area contributed by atoms with E-state index in [9.17, 15) is 0 Å². The number of anilines is 1. The van der Waals surface area contributed by atoms with Gasteiger partial charge in [-0.2, -0.15) is 0 Å². The summed E-state index contributed by atoms with van der Waals surface area (Å²) in [7, 11) is 3.14. The van der Waals surface area contributed by atoms with Crippen molar-refractivity contribution in [1.82, 2.24) is 5.43 Å². The van der Waals surface area contributed by atoms with Crippen molar-refractivity contribution >= 4 is 5.69 Å². The summed E-state index contributed by atoms with van der Waals surface area (Å²) < 4.78 is 16.1. The van der Waals surface area contributed by atoms with Gasteiger partial charge in [0, 0.05) is 25.3 Å². The Morgan fingerprint density at radius 3 is 2.75 bits per heavy atom. The van der Waals surface area contributed by atoms with Gasteiger partial charge in [0.15, 0.2) is 5.76 Å². The normalized spacial score (nSPS) is 17.3. The molecule has 106 valence electrons. The molecule has 20 heavy (non-hydrogen) atoms. The average molecular weight is 275 g/mol. The summed E-state index contributed by atoms with van der Waals surface area (Å²) in [6.45, 7) is 0. The van der Waals surface area contributed by atoms with E-state index in [1.54, 1.807) is 14.2 Å². The molecule has 0 saturated heterocycles. The summed E-state index contributed by atoms with van der Waals surface area (Å²) >= 11 is 0. The van der Waals surface area contributed by atoms with Crippen molar-refractivity contribution in [3.05, 3.63) is 41.7 Å². The molecular formula is C14H17N3O3. The first-order chi connectivity index (χ1) is 9.72. The van der Waals surface area contributed by atoms with Gasteiger partial charge < -0.3 is 25.1 Å². The molecule has 0 saturated carbocycles. The molecule has 6 heteroatoms. The number of hydrogen-bond acceptors (Lipinski definition) is 6. The first-order valence-electron chi connectivity index (χ1n) is 6.29. The quantitative estimate of drug-likeness (QED) is 0.742. The highest BCUT2D eigenvalue weighted by molar-refractivity contribution is 5.67. The van der Waals surface area contributed by atoms with Crippen molar-refractivity contribution in [3.63, 3.8) is 0 Å². The largest absolute Gasteiger partial charge is 0.456 e. The highest BCUT2D eigenvalue weighted by Crippen LogP contribution is 2.32. The monoisotopic (exact) mass is 275 g/mol. The van der Waals surface area contributed by atoms with Crippen LogP contribution in [0.5, 0.6) is 0 Å². The van der Waals surface area contributed by atoms with Crippen LogP contribution < -0.4 is 16.6 Å². The summed E-state index contributed by atoms with van der Waals surface area (Å²) in [5, 5.41) is 0. The molecule has 0 spiro atoms. The molecule has 1 aromatic carbocycles. The van der Waals surface area contributed by atoms with E-state index in [0.717, 1.165) is 22.6 Å². The van der Waals surface area contributed by atoms with E-state index in [0.29, 0.717) is 5.76 Å². The zero-order chi connectivity index (χ0) is 14.1. The summed E-state index contributed by atoms with van der Waals surface area (Å²) in [6, 6.07) is 9.68. The maximum absolute atomic E-state index is 5.95. The second-order valence-corrected chi connectivity index (χ2v) is 4.55. The minimum Gasteiger partial charge on any atom is -0.456 e. The molecular weight excluding hydrogens is 258 g/mol. The third-order valence-corrected chi connectivity index (χ3v) is 3.32. The van der Waals surface area contributed by atoms with Crippen LogP contribution in [-0.4, -0.2) is 14.2 Å². The van der Waals surface area contributed by atoms with Crippen molar-refractivity contribution < 1.29 is 13.9 Å². The molecule has 6 nitrogen and oxygen atoms in total. The zero-order valence-corrected chi connectivity index (χ0v) is 11.3. The lowest BCUT2D eigenvalue weighted by Gasteiger charge is -2.09. The van der Waals surface area contributed by atoms with Gasteiger partial charge in [-0.3, -0.25) is 0 Å². The van der Waals surface area contributed by atoms with Gasteiger partial charge in [-0.25, -0.2) is 5.43 Å². The predicted octanol–water partition coefficient (Wildman–Crippen LogP) is 2.13. The van der Waals surface area contributed by atoms with Crippen molar-refractivity contribution in [3.8, 4) is 11.3 Å². The summed E-state index contributed by atoms with van der Waals surface area (Å²) in [4.78, 5) is 0. The Hall–Kier alpha value is -1.86. The lowest BCUT2D eigenvalue weighted by atomic mass is 10.1. The van der Waals surface area contributed by atoms with Crippen LogP contribution >= 0.6 is 0 Å². The number of nitrogens with two attached hydrogens (primary N) is 1. The molecule has 1 unspecified atom stereocenters. The van der Waals surface area contributed by atoms with E-state index < -0.39 is 6.29 Å². The number of benzene rings is 1. The molecule has 1 aromatic heterocycles. The SMILES string of the molecule is COC(OC)c1ccc(-c2ccc3c(c2)C(N)NN3)o1. The number of ether oxygens (including phenoxy) is 2. The van der Waals surface area contributed by atoms with Crippen LogP contribution in [-0.2, 0) is 9.47 Å². The number of furan rings is 1. The molecule has 0 amide bonds. The summed E-state index contributed by atoms with van der Waals surface area (Å²) in [6.07, 6.45) is -0.714. The molecule has 2 aromatic rings. The average Bonchev–Trinajstić information content (AvgIpc) is 3.08. The first kappa shape index (κ1) is 13.1. The van der Waals surface area contributed by atoms with Gasteiger partial charge in [0.25, 0.3) is 0 Å². The van der Waals surface area contributed by atoms with Gasteiger partial charge in [-0.15, -0.1) is 0 Å². The maximum atomic E-state index is 5.95. The van der Waals surface area contributed by atoms with Crippen LogP contribution in [0.4, 0.5) is 5.69 Å². The molecule has 0 aliphatic carbocycles. The Morgan fingerprint density at radius 1 is 1.20 bits per heavy atom. The molecule has 1 aliphatic rings. The lowest BCUT2D eigenvalue weighted by Crippen LogP contribution is -2.25. The third-order valence-electron chi connectivity index (χ3n) is 3.32. The first-order valence-corrected chi connectivity index (χ1v) is 6.29. The van der Waals surface area contributed by atoms with Gasteiger partial charge in [-0.1, -0.05) is 0 Å². The number of rotatable bonds is 4.